The summed E-state index contributed by atoms with van der Waals surface area (Å²) in [6.07, 6.45) is 5.51. The van der Waals surface area contributed by atoms with Crippen LogP contribution in [0.2, 0.25) is 0 Å². The number of aliphatic hydroxyl groups is 1. The number of aromatic nitrogens is 3. The van der Waals surface area contributed by atoms with Gasteiger partial charge in [-0.05, 0) is 38.1 Å². The molecule has 24 heavy (non-hydrogen) atoms. The van der Waals surface area contributed by atoms with Crippen LogP contribution in [0.15, 0.2) is 35.2 Å². The van der Waals surface area contributed by atoms with E-state index in [1.165, 1.54) is 0 Å². The summed E-state index contributed by atoms with van der Waals surface area (Å²) in [6.45, 7) is 6.67. The lowest BCUT2D eigenvalue weighted by molar-refractivity contribution is 0.0711. The molecule has 132 valence electrons. The van der Waals surface area contributed by atoms with Crippen molar-refractivity contribution < 1.29 is 5.11 Å². The Bertz CT molecular complexity index is 594. The Kier molecular flexibility index (Phi) is 7.20. The molecule has 1 unspecified atom stereocenters. The van der Waals surface area contributed by atoms with Crippen molar-refractivity contribution in [2.75, 3.05) is 19.6 Å². The molecule has 2 rings (SSSR count). The van der Waals surface area contributed by atoms with Gasteiger partial charge in [-0.3, -0.25) is 0 Å². The van der Waals surface area contributed by atoms with Gasteiger partial charge < -0.3 is 20.3 Å². The number of unbranched alkanes of at least 4 members (excludes halogenated alkanes) is 1. The van der Waals surface area contributed by atoms with Crippen molar-refractivity contribution in [3.05, 3.63) is 35.0 Å². The van der Waals surface area contributed by atoms with Gasteiger partial charge in [0.2, 0.25) is 0 Å². The van der Waals surface area contributed by atoms with E-state index in [0.717, 1.165) is 43.3 Å². The molecular weight excluding hydrogens is 324 g/mol. The molecule has 0 aliphatic rings. The summed E-state index contributed by atoms with van der Waals surface area (Å²) in [6, 6.07) is 3.88. The second-order valence-electron chi connectivity index (χ2n) is 5.78. The minimum Gasteiger partial charge on any atom is -0.383 e. The first-order chi connectivity index (χ1) is 11.6. The number of thiophene rings is 1. The van der Waals surface area contributed by atoms with Crippen LogP contribution in [0.4, 0.5) is 0 Å². The molecule has 3 N–H and O–H groups in total. The van der Waals surface area contributed by atoms with E-state index in [9.17, 15) is 5.11 Å². The average molecular weight is 350 g/mol. The number of guanidine groups is 1. The van der Waals surface area contributed by atoms with Gasteiger partial charge in [-0.15, -0.1) is 21.5 Å². The van der Waals surface area contributed by atoms with Gasteiger partial charge in [0.05, 0.1) is 6.54 Å². The predicted octanol–water partition coefficient (Wildman–Crippen LogP) is 1.58. The van der Waals surface area contributed by atoms with Crippen molar-refractivity contribution in [2.24, 2.45) is 4.99 Å². The highest BCUT2D eigenvalue weighted by atomic mass is 32.1. The van der Waals surface area contributed by atoms with Crippen LogP contribution >= 0.6 is 11.3 Å². The molecule has 0 aliphatic heterocycles. The van der Waals surface area contributed by atoms with Crippen LogP contribution in [-0.4, -0.2) is 45.5 Å². The number of rotatable bonds is 9. The van der Waals surface area contributed by atoms with Crippen LogP contribution in [0.3, 0.4) is 0 Å². The van der Waals surface area contributed by atoms with Crippen molar-refractivity contribution in [3.63, 3.8) is 0 Å². The second kappa shape index (κ2) is 9.39. The molecule has 2 heterocycles. The zero-order valence-electron chi connectivity index (χ0n) is 14.3. The molecule has 0 radical (unpaired) electrons. The molecule has 0 spiro atoms. The maximum atomic E-state index is 10.5. The Balaban J connectivity index is 1.75. The van der Waals surface area contributed by atoms with E-state index >= 15 is 0 Å². The van der Waals surface area contributed by atoms with Gasteiger partial charge in [-0.25, -0.2) is 4.99 Å². The third kappa shape index (κ3) is 5.93. The Hall–Kier alpha value is -1.93. The fourth-order valence-corrected chi connectivity index (χ4v) is 2.98. The first kappa shape index (κ1) is 18.4. The van der Waals surface area contributed by atoms with E-state index in [4.69, 9.17) is 0 Å². The highest BCUT2D eigenvalue weighted by Gasteiger charge is 2.23. The Labute approximate surface area is 146 Å². The summed E-state index contributed by atoms with van der Waals surface area (Å²) in [5.41, 5.74) is -0.940. The van der Waals surface area contributed by atoms with E-state index in [-0.39, 0.29) is 0 Å². The van der Waals surface area contributed by atoms with Crippen LogP contribution in [0.1, 0.15) is 31.6 Å². The average Bonchev–Trinajstić information content (AvgIpc) is 3.25. The molecule has 0 fully saturated rings. The Morgan fingerprint density at radius 3 is 2.79 bits per heavy atom. The molecule has 0 bridgehead atoms. The first-order valence-corrected chi connectivity index (χ1v) is 9.11. The van der Waals surface area contributed by atoms with Gasteiger partial charge in [0.1, 0.15) is 18.3 Å². The number of hydrogen-bond donors (Lipinski definition) is 3. The summed E-state index contributed by atoms with van der Waals surface area (Å²) in [5, 5.41) is 26.6. The molecule has 0 saturated carbocycles. The van der Waals surface area contributed by atoms with Gasteiger partial charge in [0, 0.05) is 24.5 Å². The first-order valence-electron chi connectivity index (χ1n) is 8.23. The van der Waals surface area contributed by atoms with E-state index in [1.54, 1.807) is 30.9 Å². The molecular formula is C16H26N6OS. The standard InChI is InChI=1S/C16H26N6OS/c1-3-17-15(18-8-4-5-9-22-12-20-21-13-22)19-11-16(2,23)14-7-6-10-24-14/h6-7,10,12-13,23H,3-5,8-9,11H2,1-2H3,(H2,17,18,19). The second-order valence-corrected chi connectivity index (χ2v) is 6.73. The van der Waals surface area contributed by atoms with Crippen molar-refractivity contribution in [3.8, 4) is 0 Å². The number of aliphatic imine (C=N–C) groups is 1. The van der Waals surface area contributed by atoms with Crippen molar-refractivity contribution in [1.29, 1.82) is 0 Å². The molecule has 0 amide bonds. The lowest BCUT2D eigenvalue weighted by atomic mass is 10.1. The van der Waals surface area contributed by atoms with Gasteiger partial charge >= 0.3 is 0 Å². The maximum Gasteiger partial charge on any atom is 0.191 e. The SMILES string of the molecule is CCNC(=NCC(C)(O)c1cccs1)NCCCCn1cnnc1. The Morgan fingerprint density at radius 2 is 2.12 bits per heavy atom. The fraction of sp³-hybridized carbons (Fsp3) is 0.562. The third-order valence-electron chi connectivity index (χ3n) is 3.54. The van der Waals surface area contributed by atoms with E-state index < -0.39 is 5.60 Å². The van der Waals surface area contributed by atoms with Crippen LogP contribution in [0.25, 0.3) is 0 Å². The largest absolute Gasteiger partial charge is 0.383 e. The normalized spacial score (nSPS) is 14.4. The lowest BCUT2D eigenvalue weighted by Gasteiger charge is -2.20. The summed E-state index contributed by atoms with van der Waals surface area (Å²) in [4.78, 5) is 5.44. The summed E-state index contributed by atoms with van der Waals surface area (Å²) in [5.74, 6) is 0.735. The van der Waals surface area contributed by atoms with Crippen molar-refractivity contribution in [2.45, 2.75) is 38.8 Å². The molecule has 2 aromatic heterocycles. The molecule has 2 aromatic rings. The van der Waals surface area contributed by atoms with Gasteiger partial charge in [-0.2, -0.15) is 0 Å². The lowest BCUT2D eigenvalue weighted by Crippen LogP contribution is -2.39. The summed E-state index contributed by atoms with van der Waals surface area (Å²) < 4.78 is 1.97. The van der Waals surface area contributed by atoms with Gasteiger partial charge in [0.15, 0.2) is 5.96 Å². The highest BCUT2D eigenvalue weighted by molar-refractivity contribution is 7.10. The molecule has 0 saturated heterocycles. The topological polar surface area (TPSA) is 87.4 Å². The molecule has 0 aliphatic carbocycles. The molecule has 7 nitrogen and oxygen atoms in total. The van der Waals surface area contributed by atoms with Crippen molar-refractivity contribution >= 4 is 17.3 Å². The van der Waals surface area contributed by atoms with Crippen LogP contribution in [-0.2, 0) is 12.1 Å². The predicted molar refractivity (Wildman–Crippen MR) is 97.1 cm³/mol. The van der Waals surface area contributed by atoms with Gasteiger partial charge in [-0.1, -0.05) is 6.07 Å². The monoisotopic (exact) mass is 350 g/mol. The molecule has 8 heteroatoms. The minimum atomic E-state index is -0.940. The molecule has 1 atom stereocenters. The smallest absolute Gasteiger partial charge is 0.191 e. The number of nitrogens with zero attached hydrogens (tertiary/aromatic N) is 4. The zero-order chi connectivity index (χ0) is 17.3. The third-order valence-corrected chi connectivity index (χ3v) is 4.67. The van der Waals surface area contributed by atoms with E-state index in [1.807, 2.05) is 29.0 Å². The quantitative estimate of drug-likeness (QED) is 0.363. The van der Waals surface area contributed by atoms with Crippen LogP contribution in [0, 0.1) is 0 Å². The zero-order valence-corrected chi connectivity index (χ0v) is 15.1. The van der Waals surface area contributed by atoms with E-state index in [2.05, 4.69) is 25.8 Å². The number of hydrogen-bond acceptors (Lipinski definition) is 5. The van der Waals surface area contributed by atoms with E-state index in [0.29, 0.717) is 6.54 Å². The van der Waals surface area contributed by atoms with Crippen LogP contribution in [0.5, 0.6) is 0 Å². The summed E-state index contributed by atoms with van der Waals surface area (Å²) in [7, 11) is 0. The minimum absolute atomic E-state index is 0.323. The highest BCUT2D eigenvalue weighted by Crippen LogP contribution is 2.25. The fourth-order valence-electron chi connectivity index (χ4n) is 2.20. The van der Waals surface area contributed by atoms with Crippen LogP contribution < -0.4 is 10.6 Å². The maximum absolute atomic E-state index is 10.5. The number of aryl methyl sites for hydroxylation is 1. The summed E-state index contributed by atoms with van der Waals surface area (Å²) >= 11 is 1.55. The van der Waals surface area contributed by atoms with Crippen molar-refractivity contribution in [1.82, 2.24) is 25.4 Å². The Morgan fingerprint density at radius 1 is 1.33 bits per heavy atom. The van der Waals surface area contributed by atoms with Gasteiger partial charge in [0.25, 0.3) is 0 Å². The molecule has 0 aromatic carbocycles. The number of nitrogens with one attached hydrogen (secondary N) is 2.